The summed E-state index contributed by atoms with van der Waals surface area (Å²) in [5.74, 6) is -2.42. The van der Waals surface area contributed by atoms with E-state index in [4.69, 9.17) is 0 Å². The monoisotopic (exact) mass is 338 g/mol. The summed E-state index contributed by atoms with van der Waals surface area (Å²) in [6, 6.07) is 6.87. The van der Waals surface area contributed by atoms with Crippen molar-refractivity contribution in [1.82, 2.24) is 10.3 Å². The normalized spacial score (nSPS) is 15.3. The summed E-state index contributed by atoms with van der Waals surface area (Å²) in [5, 5.41) is 5.44. The van der Waals surface area contributed by atoms with Gasteiger partial charge in [-0.3, -0.25) is 4.98 Å². The second-order valence-electron chi connectivity index (χ2n) is 4.80. The van der Waals surface area contributed by atoms with Gasteiger partial charge in [-0.15, -0.1) is 4.40 Å². The van der Waals surface area contributed by atoms with Crippen molar-refractivity contribution >= 4 is 21.7 Å². The number of nitrogens with zero attached hydrogens (tertiary/aromatic N) is 2. The number of guanidine groups is 1. The molecule has 120 valence electrons. The SMILES string of the molecule is O=S1(=O)N=C(NCCc2ccccn2)Nc2cc(F)c(F)cc21. The zero-order valence-electron chi connectivity index (χ0n) is 11.8. The largest absolute Gasteiger partial charge is 0.355 e. The van der Waals surface area contributed by atoms with Gasteiger partial charge in [-0.1, -0.05) is 6.07 Å². The molecule has 0 aliphatic carbocycles. The number of hydrogen-bond acceptors (Lipinski definition) is 5. The van der Waals surface area contributed by atoms with E-state index in [0.717, 1.165) is 11.8 Å². The Morgan fingerprint density at radius 3 is 2.70 bits per heavy atom. The number of pyridine rings is 1. The lowest BCUT2D eigenvalue weighted by atomic mass is 10.3. The fourth-order valence-corrected chi connectivity index (χ4v) is 3.18. The number of hydrogen-bond donors (Lipinski definition) is 2. The average molecular weight is 338 g/mol. The quantitative estimate of drug-likeness (QED) is 0.889. The molecule has 23 heavy (non-hydrogen) atoms. The third kappa shape index (κ3) is 3.29. The first-order valence-electron chi connectivity index (χ1n) is 6.70. The van der Waals surface area contributed by atoms with Gasteiger partial charge in [0, 0.05) is 30.9 Å². The fourth-order valence-electron chi connectivity index (χ4n) is 2.09. The predicted molar refractivity (Wildman–Crippen MR) is 80.5 cm³/mol. The van der Waals surface area contributed by atoms with Gasteiger partial charge in [0.1, 0.15) is 4.90 Å². The molecule has 1 aromatic carbocycles. The topological polar surface area (TPSA) is 83.5 Å². The summed E-state index contributed by atoms with van der Waals surface area (Å²) in [6.45, 7) is 0.372. The van der Waals surface area contributed by atoms with Crippen LogP contribution in [0.5, 0.6) is 0 Å². The van der Waals surface area contributed by atoms with Crippen molar-refractivity contribution in [3.63, 3.8) is 0 Å². The van der Waals surface area contributed by atoms with Gasteiger partial charge < -0.3 is 10.6 Å². The van der Waals surface area contributed by atoms with Gasteiger partial charge in [0.05, 0.1) is 5.69 Å². The van der Waals surface area contributed by atoms with Gasteiger partial charge in [-0.05, 0) is 18.2 Å². The molecule has 0 atom stereocenters. The number of sulfonamides is 1. The van der Waals surface area contributed by atoms with Crippen LogP contribution >= 0.6 is 0 Å². The average Bonchev–Trinajstić information content (AvgIpc) is 2.50. The number of fused-ring (bicyclic) bond motifs is 1. The number of halogens is 2. The maximum atomic E-state index is 13.3. The van der Waals surface area contributed by atoms with Gasteiger partial charge in [0.25, 0.3) is 10.0 Å². The molecule has 1 aliphatic rings. The molecule has 0 unspecified atom stereocenters. The molecular formula is C14H12F2N4O2S. The summed E-state index contributed by atoms with van der Waals surface area (Å²) < 4.78 is 54.0. The minimum Gasteiger partial charge on any atom is -0.355 e. The molecule has 6 nitrogen and oxygen atoms in total. The second-order valence-corrected chi connectivity index (χ2v) is 6.37. The number of nitrogens with one attached hydrogen (secondary N) is 2. The molecule has 0 amide bonds. The summed E-state index contributed by atoms with van der Waals surface area (Å²) in [5.41, 5.74) is 0.770. The Kier molecular flexibility index (Phi) is 3.95. The smallest absolute Gasteiger partial charge is 0.287 e. The van der Waals surface area contributed by atoms with E-state index in [1.165, 1.54) is 0 Å². The molecule has 0 saturated carbocycles. The fraction of sp³-hybridized carbons (Fsp3) is 0.143. The molecule has 0 saturated heterocycles. The number of benzene rings is 1. The number of rotatable bonds is 3. The first-order chi connectivity index (χ1) is 11.0. The second kappa shape index (κ2) is 5.92. The van der Waals surface area contributed by atoms with Crippen LogP contribution in [0.15, 0.2) is 45.8 Å². The van der Waals surface area contributed by atoms with Crippen LogP contribution in [0.3, 0.4) is 0 Å². The summed E-state index contributed by atoms with van der Waals surface area (Å²) in [6.07, 6.45) is 2.20. The molecule has 0 fully saturated rings. The van der Waals surface area contributed by atoms with E-state index in [0.29, 0.717) is 19.0 Å². The lowest BCUT2D eigenvalue weighted by Crippen LogP contribution is -2.36. The molecule has 1 aromatic heterocycles. The van der Waals surface area contributed by atoms with Gasteiger partial charge in [0.15, 0.2) is 11.6 Å². The Labute approximate surface area is 131 Å². The summed E-state index contributed by atoms with van der Waals surface area (Å²) in [4.78, 5) is 3.74. The molecule has 9 heteroatoms. The van der Waals surface area contributed by atoms with Crippen molar-refractivity contribution in [3.8, 4) is 0 Å². The highest BCUT2D eigenvalue weighted by molar-refractivity contribution is 7.90. The minimum atomic E-state index is -4.08. The van der Waals surface area contributed by atoms with E-state index in [-0.39, 0.29) is 11.6 Å². The van der Waals surface area contributed by atoms with E-state index in [2.05, 4.69) is 20.0 Å². The minimum absolute atomic E-state index is 0.0422. The first kappa shape index (κ1) is 15.3. The van der Waals surface area contributed by atoms with Crippen molar-refractivity contribution in [2.75, 3.05) is 11.9 Å². The molecule has 2 N–H and O–H groups in total. The third-order valence-corrected chi connectivity index (χ3v) is 4.48. The van der Waals surface area contributed by atoms with Crippen molar-refractivity contribution in [2.45, 2.75) is 11.3 Å². The van der Waals surface area contributed by atoms with E-state index in [1.54, 1.807) is 12.3 Å². The maximum absolute atomic E-state index is 13.3. The number of aromatic nitrogens is 1. The van der Waals surface area contributed by atoms with Crippen LogP contribution in [0, 0.1) is 11.6 Å². The van der Waals surface area contributed by atoms with Crippen LogP contribution in [-0.2, 0) is 16.4 Å². The van der Waals surface area contributed by atoms with Gasteiger partial charge in [-0.2, -0.15) is 8.42 Å². The van der Waals surface area contributed by atoms with E-state index < -0.39 is 26.6 Å². The Balaban J connectivity index is 1.75. The lowest BCUT2D eigenvalue weighted by molar-refractivity contribution is 0.505. The predicted octanol–water partition coefficient (Wildman–Crippen LogP) is 1.66. The molecule has 0 radical (unpaired) electrons. The van der Waals surface area contributed by atoms with Gasteiger partial charge in [-0.25, -0.2) is 8.78 Å². The van der Waals surface area contributed by atoms with Crippen LogP contribution in [0.25, 0.3) is 0 Å². The van der Waals surface area contributed by atoms with Gasteiger partial charge in [0.2, 0.25) is 5.96 Å². The van der Waals surface area contributed by atoms with Crippen LogP contribution in [0.1, 0.15) is 5.69 Å². The molecule has 2 aromatic rings. The first-order valence-corrected chi connectivity index (χ1v) is 8.14. The van der Waals surface area contributed by atoms with E-state index in [9.17, 15) is 17.2 Å². The highest BCUT2D eigenvalue weighted by Crippen LogP contribution is 2.28. The highest BCUT2D eigenvalue weighted by Gasteiger charge is 2.27. The van der Waals surface area contributed by atoms with E-state index in [1.807, 2.05) is 12.1 Å². The number of anilines is 1. The molecule has 0 spiro atoms. The van der Waals surface area contributed by atoms with Crippen LogP contribution in [0.4, 0.5) is 14.5 Å². The zero-order valence-corrected chi connectivity index (χ0v) is 12.6. The Morgan fingerprint density at radius 1 is 1.17 bits per heavy atom. The van der Waals surface area contributed by atoms with Crippen molar-refractivity contribution < 1.29 is 17.2 Å². The lowest BCUT2D eigenvalue weighted by Gasteiger charge is -2.19. The maximum Gasteiger partial charge on any atom is 0.287 e. The molecule has 0 bridgehead atoms. The summed E-state index contributed by atoms with van der Waals surface area (Å²) >= 11 is 0. The van der Waals surface area contributed by atoms with E-state index >= 15 is 0 Å². The van der Waals surface area contributed by atoms with Gasteiger partial charge >= 0.3 is 0 Å². The van der Waals surface area contributed by atoms with Crippen LogP contribution in [-0.4, -0.2) is 25.9 Å². The van der Waals surface area contributed by atoms with Crippen molar-refractivity contribution in [1.29, 1.82) is 0 Å². The molecule has 2 heterocycles. The molecule has 3 rings (SSSR count). The zero-order chi connectivity index (χ0) is 16.4. The highest BCUT2D eigenvalue weighted by atomic mass is 32.2. The Hall–Kier alpha value is -2.55. The van der Waals surface area contributed by atoms with Crippen molar-refractivity contribution in [2.24, 2.45) is 4.40 Å². The van der Waals surface area contributed by atoms with Crippen molar-refractivity contribution in [3.05, 3.63) is 53.9 Å². The molecule has 1 aliphatic heterocycles. The van der Waals surface area contributed by atoms with Crippen LogP contribution in [0.2, 0.25) is 0 Å². The standard InChI is InChI=1S/C14H12F2N4O2S/c15-10-7-12-13(8-11(10)16)23(21,22)20-14(19-12)18-6-4-9-3-1-2-5-17-9/h1-3,5,7-8H,4,6H2,(H2,18,19,20). The Morgan fingerprint density at radius 2 is 1.96 bits per heavy atom. The third-order valence-electron chi connectivity index (χ3n) is 3.16. The summed E-state index contributed by atoms with van der Waals surface area (Å²) in [7, 11) is -4.08. The molecular weight excluding hydrogens is 326 g/mol. The Bertz CT molecular complexity index is 870. The van der Waals surface area contributed by atoms with Crippen LogP contribution < -0.4 is 10.6 Å².